The maximum Gasteiger partial charge on any atom is 0.224 e. The maximum absolute atomic E-state index is 12.1. The Morgan fingerprint density at radius 1 is 1.32 bits per heavy atom. The number of para-hydroxylation sites is 2. The molecule has 2 aromatic rings. The molecule has 7 nitrogen and oxygen atoms in total. The van der Waals surface area contributed by atoms with Crippen LogP contribution in [-0.4, -0.2) is 37.1 Å². The van der Waals surface area contributed by atoms with Crippen LogP contribution in [0.1, 0.15) is 6.42 Å². The van der Waals surface area contributed by atoms with Crippen molar-refractivity contribution in [2.24, 2.45) is 10.7 Å². The van der Waals surface area contributed by atoms with Crippen LogP contribution in [0.2, 0.25) is 5.02 Å². The highest BCUT2D eigenvalue weighted by atomic mass is 35.5. The van der Waals surface area contributed by atoms with Gasteiger partial charge in [0.05, 0.1) is 12.8 Å². The first-order valence-corrected chi connectivity index (χ1v) is 10.1. The summed E-state index contributed by atoms with van der Waals surface area (Å²) in [5.41, 5.74) is 6.70. The highest BCUT2D eigenvalue weighted by Gasteiger charge is 2.25. The third kappa shape index (κ3) is 5.79. The molecule has 1 saturated heterocycles. The molecule has 0 bridgehead atoms. The molecule has 0 radical (unpaired) electrons. The molecule has 2 atom stereocenters. The van der Waals surface area contributed by atoms with E-state index in [2.05, 4.69) is 20.9 Å². The number of rotatable bonds is 6. The van der Waals surface area contributed by atoms with Crippen molar-refractivity contribution in [2.75, 3.05) is 18.2 Å². The fourth-order valence-electron chi connectivity index (χ4n) is 2.72. The molecule has 2 unspecified atom stereocenters. The molecule has 1 heterocycles. The Morgan fingerprint density at radius 3 is 2.82 bits per heavy atom. The number of benzene rings is 2. The third-order valence-corrected chi connectivity index (χ3v) is 5.45. The highest BCUT2D eigenvalue weighted by molar-refractivity contribution is 7.99. The van der Waals surface area contributed by atoms with Gasteiger partial charge in [-0.05, 0) is 36.4 Å². The van der Waals surface area contributed by atoms with E-state index in [0.29, 0.717) is 22.9 Å². The molecule has 28 heavy (non-hydrogen) atoms. The number of thioether (sulfide) groups is 1. The molecule has 1 amide bonds. The van der Waals surface area contributed by atoms with E-state index in [4.69, 9.17) is 22.1 Å². The Bertz CT molecular complexity index is 846. The van der Waals surface area contributed by atoms with Crippen LogP contribution in [0.3, 0.4) is 0 Å². The number of aliphatic imine (C=N–C) groups is 1. The van der Waals surface area contributed by atoms with Crippen LogP contribution in [0.15, 0.2) is 58.4 Å². The molecular weight excluding hydrogens is 398 g/mol. The van der Waals surface area contributed by atoms with Crippen molar-refractivity contribution in [2.45, 2.75) is 23.6 Å². The van der Waals surface area contributed by atoms with E-state index in [1.54, 1.807) is 18.9 Å². The molecule has 3 rings (SSSR count). The average Bonchev–Trinajstić information content (AvgIpc) is 2.67. The summed E-state index contributed by atoms with van der Waals surface area (Å²) < 4.78 is 5.28. The van der Waals surface area contributed by atoms with Gasteiger partial charge in [-0.2, -0.15) is 0 Å². The summed E-state index contributed by atoms with van der Waals surface area (Å²) in [6.07, 6.45) is -0.216. The summed E-state index contributed by atoms with van der Waals surface area (Å²) in [5.74, 6) is 1.48. The van der Waals surface area contributed by atoms with E-state index in [9.17, 15) is 4.79 Å². The lowest BCUT2D eigenvalue weighted by Crippen LogP contribution is -2.57. The van der Waals surface area contributed by atoms with E-state index in [0.717, 1.165) is 10.6 Å². The van der Waals surface area contributed by atoms with Gasteiger partial charge in [0.2, 0.25) is 5.91 Å². The molecule has 148 valence electrons. The average molecular weight is 420 g/mol. The summed E-state index contributed by atoms with van der Waals surface area (Å²) in [6, 6.07) is 15.0. The minimum absolute atomic E-state index is 0.0257. The largest absolute Gasteiger partial charge is 0.495 e. The predicted octanol–water partition coefficient (Wildman–Crippen LogP) is 2.63. The molecule has 1 fully saturated rings. The molecule has 0 spiro atoms. The van der Waals surface area contributed by atoms with Gasteiger partial charge in [0.25, 0.3) is 0 Å². The lowest BCUT2D eigenvalue weighted by Gasteiger charge is -2.29. The Balaban J connectivity index is 1.59. The van der Waals surface area contributed by atoms with Crippen LogP contribution >= 0.6 is 23.4 Å². The number of carbonyl (C=O) groups excluding carboxylic acids is 1. The van der Waals surface area contributed by atoms with Crippen LogP contribution in [-0.2, 0) is 4.79 Å². The number of hydrogen-bond donors (Lipinski definition) is 4. The number of anilines is 1. The van der Waals surface area contributed by atoms with Gasteiger partial charge in [0.15, 0.2) is 12.2 Å². The fraction of sp³-hybridized carbons (Fsp3) is 0.263. The second-order valence-corrected chi connectivity index (χ2v) is 7.67. The first kappa shape index (κ1) is 20.3. The Kier molecular flexibility index (Phi) is 7.02. The molecule has 2 aromatic carbocycles. The van der Waals surface area contributed by atoms with Crippen LogP contribution in [0.5, 0.6) is 5.75 Å². The number of methoxy groups -OCH3 is 1. The lowest BCUT2D eigenvalue weighted by molar-refractivity contribution is -0.124. The smallest absolute Gasteiger partial charge is 0.224 e. The number of ether oxygens (including phenoxy) is 1. The van der Waals surface area contributed by atoms with E-state index in [1.165, 1.54) is 0 Å². The third-order valence-electron chi connectivity index (χ3n) is 4.03. The fourth-order valence-corrected chi connectivity index (χ4v) is 3.78. The number of amides is 1. The molecule has 9 heteroatoms. The quantitative estimate of drug-likeness (QED) is 0.326. The van der Waals surface area contributed by atoms with Crippen molar-refractivity contribution in [1.82, 2.24) is 10.6 Å². The number of halogens is 1. The van der Waals surface area contributed by atoms with Gasteiger partial charge >= 0.3 is 0 Å². The van der Waals surface area contributed by atoms with Gasteiger partial charge < -0.3 is 21.1 Å². The van der Waals surface area contributed by atoms with Crippen molar-refractivity contribution in [1.29, 1.82) is 0 Å². The topological polar surface area (TPSA) is 101 Å². The van der Waals surface area contributed by atoms with Crippen LogP contribution < -0.4 is 26.4 Å². The van der Waals surface area contributed by atoms with Gasteiger partial charge in [-0.15, -0.1) is 11.8 Å². The standard InChI is InChI=1S/C19H22ClN5O2S/c1-27-16-5-3-2-4-15(16)23-18(21)25-19-22-13(10-17(26)24-19)11-28-14-8-6-12(20)7-9-14/h2-9,13,19,22H,10-11H2,1H3,(H,24,26)(H3,21,23,25). The number of carbonyl (C=O) groups is 1. The van der Waals surface area contributed by atoms with Gasteiger partial charge in [0.1, 0.15) is 5.75 Å². The Morgan fingerprint density at radius 2 is 2.07 bits per heavy atom. The number of nitrogens with zero attached hydrogens (tertiary/aromatic N) is 1. The predicted molar refractivity (Wildman–Crippen MR) is 114 cm³/mol. The van der Waals surface area contributed by atoms with E-state index < -0.39 is 6.29 Å². The van der Waals surface area contributed by atoms with E-state index in [1.807, 2.05) is 48.5 Å². The number of nitrogens with one attached hydrogen (secondary N) is 3. The summed E-state index contributed by atoms with van der Waals surface area (Å²) in [6.45, 7) is 0. The zero-order valence-corrected chi connectivity index (χ0v) is 16.9. The molecule has 0 aliphatic carbocycles. The Labute approximate surface area is 173 Å². The van der Waals surface area contributed by atoms with Crippen LogP contribution in [0.4, 0.5) is 5.69 Å². The molecule has 1 aliphatic heterocycles. The zero-order valence-electron chi connectivity index (χ0n) is 15.3. The van der Waals surface area contributed by atoms with Crippen LogP contribution in [0, 0.1) is 0 Å². The van der Waals surface area contributed by atoms with Gasteiger partial charge in [-0.3, -0.25) is 10.1 Å². The molecule has 0 aromatic heterocycles. The monoisotopic (exact) mass is 419 g/mol. The molecular formula is C19H22ClN5O2S. The summed E-state index contributed by atoms with van der Waals surface area (Å²) in [7, 11) is 1.58. The van der Waals surface area contributed by atoms with E-state index >= 15 is 0 Å². The zero-order chi connectivity index (χ0) is 19.9. The van der Waals surface area contributed by atoms with Crippen molar-refractivity contribution < 1.29 is 9.53 Å². The molecule has 5 N–H and O–H groups in total. The summed E-state index contributed by atoms with van der Waals surface area (Å²) in [5, 5.41) is 9.77. The first-order valence-electron chi connectivity index (χ1n) is 8.70. The minimum Gasteiger partial charge on any atom is -0.495 e. The van der Waals surface area contributed by atoms with Gasteiger partial charge in [-0.25, -0.2) is 4.99 Å². The van der Waals surface area contributed by atoms with Crippen molar-refractivity contribution in [3.63, 3.8) is 0 Å². The second kappa shape index (κ2) is 9.68. The number of guanidine groups is 1. The summed E-state index contributed by atoms with van der Waals surface area (Å²) in [4.78, 5) is 17.5. The van der Waals surface area contributed by atoms with Gasteiger partial charge in [-0.1, -0.05) is 23.7 Å². The highest BCUT2D eigenvalue weighted by Crippen LogP contribution is 2.23. The minimum atomic E-state index is -0.598. The Hall–Kier alpha value is -2.42. The van der Waals surface area contributed by atoms with Crippen LogP contribution in [0.25, 0.3) is 0 Å². The van der Waals surface area contributed by atoms with Crippen molar-refractivity contribution >= 4 is 40.9 Å². The number of nitrogens with two attached hydrogens (primary N) is 1. The second-order valence-electron chi connectivity index (χ2n) is 6.14. The lowest BCUT2D eigenvalue weighted by atomic mass is 10.2. The van der Waals surface area contributed by atoms with Crippen molar-refractivity contribution in [3.8, 4) is 5.75 Å². The maximum atomic E-state index is 12.1. The van der Waals surface area contributed by atoms with E-state index in [-0.39, 0.29) is 17.9 Å². The first-order chi connectivity index (χ1) is 13.5. The number of hydrogen-bond acceptors (Lipinski definition) is 5. The van der Waals surface area contributed by atoms with Gasteiger partial charge in [0, 0.05) is 28.1 Å². The normalized spacial score (nSPS) is 19.8. The van der Waals surface area contributed by atoms with Crippen molar-refractivity contribution in [3.05, 3.63) is 53.6 Å². The molecule has 1 aliphatic rings. The summed E-state index contributed by atoms with van der Waals surface area (Å²) >= 11 is 7.56. The SMILES string of the molecule is COc1ccccc1N/C(N)=N/C1NC(=O)CC(CSc2ccc(Cl)cc2)N1. The molecule has 0 saturated carbocycles.